The van der Waals surface area contributed by atoms with Crippen molar-refractivity contribution in [1.29, 1.82) is 0 Å². The molecular formula is C13H12ClN3O. The van der Waals surface area contributed by atoms with Gasteiger partial charge in [0, 0.05) is 18.5 Å². The first-order valence-electron chi connectivity index (χ1n) is 5.79. The number of amides is 1. The molecule has 1 aliphatic heterocycles. The number of carbonyl (C=O) groups excluding carboxylic acids is 1. The van der Waals surface area contributed by atoms with Gasteiger partial charge in [-0.1, -0.05) is 30.3 Å². The van der Waals surface area contributed by atoms with Crippen LogP contribution in [0.5, 0.6) is 0 Å². The molecule has 1 unspecified atom stereocenters. The van der Waals surface area contributed by atoms with Crippen LogP contribution < -0.4 is 4.90 Å². The van der Waals surface area contributed by atoms with E-state index in [4.69, 9.17) is 11.6 Å². The summed E-state index contributed by atoms with van der Waals surface area (Å²) in [6.45, 7) is 0.530. The molecule has 2 aromatic rings. The first-order valence-corrected chi connectivity index (χ1v) is 6.22. The van der Waals surface area contributed by atoms with Gasteiger partial charge < -0.3 is 0 Å². The highest BCUT2D eigenvalue weighted by atomic mass is 35.5. The van der Waals surface area contributed by atoms with Crippen LogP contribution in [0.15, 0.2) is 36.5 Å². The Kier molecular flexibility index (Phi) is 2.80. The lowest BCUT2D eigenvalue weighted by atomic mass is 10.1. The predicted molar refractivity (Wildman–Crippen MR) is 70.6 cm³/mol. The molecule has 1 N–H and O–H groups in total. The van der Waals surface area contributed by atoms with Gasteiger partial charge in [-0.2, -0.15) is 5.10 Å². The normalized spacial score (nSPS) is 19.5. The maximum absolute atomic E-state index is 11.9. The molecule has 0 radical (unpaired) electrons. The van der Waals surface area contributed by atoms with E-state index in [9.17, 15) is 4.79 Å². The van der Waals surface area contributed by atoms with Gasteiger partial charge in [-0.05, 0) is 5.56 Å². The van der Waals surface area contributed by atoms with E-state index in [1.165, 1.54) is 0 Å². The summed E-state index contributed by atoms with van der Waals surface area (Å²) in [6.07, 6.45) is 2.12. The second kappa shape index (κ2) is 4.46. The third kappa shape index (κ3) is 1.88. The highest BCUT2D eigenvalue weighted by molar-refractivity contribution is 6.24. The fraction of sp³-hybridized carbons (Fsp3) is 0.231. The van der Waals surface area contributed by atoms with Crippen molar-refractivity contribution in [3.05, 3.63) is 36.5 Å². The van der Waals surface area contributed by atoms with Gasteiger partial charge in [0.1, 0.15) is 5.82 Å². The number of rotatable bonds is 2. The second-order valence-corrected chi connectivity index (χ2v) is 4.92. The van der Waals surface area contributed by atoms with Crippen molar-refractivity contribution in [3.8, 4) is 11.1 Å². The number of halogens is 1. The van der Waals surface area contributed by atoms with Crippen LogP contribution in [0, 0.1) is 0 Å². The Bertz CT molecular complexity index is 567. The lowest BCUT2D eigenvalue weighted by Gasteiger charge is -2.15. The zero-order valence-electron chi connectivity index (χ0n) is 9.64. The minimum absolute atomic E-state index is 0.0384. The zero-order chi connectivity index (χ0) is 12.5. The monoisotopic (exact) mass is 261 g/mol. The number of nitrogens with zero attached hydrogens (tertiary/aromatic N) is 2. The minimum atomic E-state index is -0.121. The number of carbonyl (C=O) groups is 1. The molecule has 1 atom stereocenters. The molecule has 1 aromatic carbocycles. The van der Waals surface area contributed by atoms with Crippen LogP contribution >= 0.6 is 11.6 Å². The van der Waals surface area contributed by atoms with E-state index in [0.29, 0.717) is 13.0 Å². The van der Waals surface area contributed by atoms with Gasteiger partial charge in [-0.3, -0.25) is 14.8 Å². The number of aromatic nitrogens is 2. The summed E-state index contributed by atoms with van der Waals surface area (Å²) in [5.41, 5.74) is 1.96. The van der Waals surface area contributed by atoms with E-state index < -0.39 is 0 Å². The van der Waals surface area contributed by atoms with Crippen molar-refractivity contribution < 1.29 is 4.79 Å². The van der Waals surface area contributed by atoms with E-state index in [1.54, 1.807) is 11.1 Å². The van der Waals surface area contributed by atoms with E-state index in [-0.39, 0.29) is 11.3 Å². The van der Waals surface area contributed by atoms with Crippen LogP contribution in [-0.4, -0.2) is 28.0 Å². The minimum Gasteiger partial charge on any atom is -0.295 e. The summed E-state index contributed by atoms with van der Waals surface area (Å²) >= 11 is 6.02. The van der Waals surface area contributed by atoms with E-state index in [0.717, 1.165) is 16.9 Å². The van der Waals surface area contributed by atoms with E-state index >= 15 is 0 Å². The predicted octanol–water partition coefficient (Wildman–Crippen LogP) is 2.42. The standard InChI is InChI=1S/C13H12ClN3O/c14-10-6-12(18)17(8-10)13-11(7-15-16-13)9-4-2-1-3-5-9/h1-5,7,10H,6,8H2,(H,15,16). The topological polar surface area (TPSA) is 49.0 Å². The summed E-state index contributed by atoms with van der Waals surface area (Å²) in [5, 5.41) is 6.81. The molecule has 92 valence electrons. The molecule has 1 aromatic heterocycles. The lowest BCUT2D eigenvalue weighted by molar-refractivity contribution is -0.117. The molecule has 18 heavy (non-hydrogen) atoms. The van der Waals surface area contributed by atoms with Crippen LogP contribution in [0.25, 0.3) is 11.1 Å². The third-order valence-corrected chi connectivity index (χ3v) is 3.34. The van der Waals surface area contributed by atoms with Crippen LogP contribution in [-0.2, 0) is 4.79 Å². The molecule has 5 heteroatoms. The Labute approximate surface area is 110 Å². The van der Waals surface area contributed by atoms with Crippen molar-refractivity contribution in [1.82, 2.24) is 10.2 Å². The molecular weight excluding hydrogens is 250 g/mol. The van der Waals surface area contributed by atoms with Gasteiger partial charge in [0.05, 0.1) is 11.6 Å². The molecule has 0 bridgehead atoms. The van der Waals surface area contributed by atoms with Gasteiger partial charge in [-0.25, -0.2) is 0 Å². The zero-order valence-corrected chi connectivity index (χ0v) is 10.4. The molecule has 1 fully saturated rings. The number of hydrogen-bond donors (Lipinski definition) is 1. The van der Waals surface area contributed by atoms with Crippen molar-refractivity contribution >= 4 is 23.3 Å². The molecule has 1 aliphatic rings. The number of benzene rings is 1. The first kappa shape index (κ1) is 11.3. The van der Waals surface area contributed by atoms with Crippen molar-refractivity contribution in [3.63, 3.8) is 0 Å². The van der Waals surface area contributed by atoms with Gasteiger partial charge in [0.15, 0.2) is 0 Å². The fourth-order valence-electron chi connectivity index (χ4n) is 2.19. The molecule has 0 saturated carbocycles. The summed E-state index contributed by atoms with van der Waals surface area (Å²) in [6, 6.07) is 9.86. The number of hydrogen-bond acceptors (Lipinski definition) is 2. The van der Waals surface area contributed by atoms with Crippen molar-refractivity contribution in [2.45, 2.75) is 11.8 Å². The lowest BCUT2D eigenvalue weighted by Crippen LogP contribution is -2.25. The third-order valence-electron chi connectivity index (χ3n) is 3.05. The molecule has 3 rings (SSSR count). The van der Waals surface area contributed by atoms with Gasteiger partial charge in [-0.15, -0.1) is 11.6 Å². The number of anilines is 1. The fourth-order valence-corrected chi connectivity index (χ4v) is 2.46. The van der Waals surface area contributed by atoms with Crippen LogP contribution in [0.2, 0.25) is 0 Å². The van der Waals surface area contributed by atoms with Gasteiger partial charge in [0.25, 0.3) is 0 Å². The summed E-state index contributed by atoms with van der Waals surface area (Å²) < 4.78 is 0. The Balaban J connectivity index is 2.00. The number of H-pyrrole nitrogens is 1. The largest absolute Gasteiger partial charge is 0.295 e. The summed E-state index contributed by atoms with van der Waals surface area (Å²) in [5.74, 6) is 0.769. The maximum Gasteiger partial charge on any atom is 0.229 e. The van der Waals surface area contributed by atoms with Crippen LogP contribution in [0.3, 0.4) is 0 Å². The van der Waals surface area contributed by atoms with E-state index in [1.807, 2.05) is 30.3 Å². The number of alkyl halides is 1. The summed E-state index contributed by atoms with van der Waals surface area (Å²) in [7, 11) is 0. The number of nitrogens with one attached hydrogen (secondary N) is 1. The van der Waals surface area contributed by atoms with Crippen molar-refractivity contribution in [2.24, 2.45) is 0 Å². The second-order valence-electron chi connectivity index (χ2n) is 4.30. The molecule has 1 amide bonds. The molecule has 1 saturated heterocycles. The Morgan fingerprint density at radius 2 is 2.11 bits per heavy atom. The Morgan fingerprint density at radius 3 is 2.78 bits per heavy atom. The average molecular weight is 262 g/mol. The first-order chi connectivity index (χ1) is 8.75. The van der Waals surface area contributed by atoms with Gasteiger partial charge in [0.2, 0.25) is 5.91 Å². The maximum atomic E-state index is 11.9. The quantitative estimate of drug-likeness (QED) is 0.844. The van der Waals surface area contributed by atoms with Crippen LogP contribution in [0.4, 0.5) is 5.82 Å². The smallest absolute Gasteiger partial charge is 0.229 e. The average Bonchev–Trinajstić information content (AvgIpc) is 2.96. The molecule has 0 aliphatic carbocycles. The highest BCUT2D eigenvalue weighted by Gasteiger charge is 2.31. The highest BCUT2D eigenvalue weighted by Crippen LogP contribution is 2.31. The van der Waals surface area contributed by atoms with Crippen molar-refractivity contribution in [2.75, 3.05) is 11.4 Å². The molecule has 4 nitrogen and oxygen atoms in total. The molecule has 0 spiro atoms. The van der Waals surface area contributed by atoms with E-state index in [2.05, 4.69) is 10.2 Å². The molecule has 2 heterocycles. The van der Waals surface area contributed by atoms with Crippen LogP contribution in [0.1, 0.15) is 6.42 Å². The SMILES string of the molecule is O=C1CC(Cl)CN1c1[nH]ncc1-c1ccccc1. The number of aromatic amines is 1. The Morgan fingerprint density at radius 1 is 1.33 bits per heavy atom. The van der Waals surface area contributed by atoms with Gasteiger partial charge >= 0.3 is 0 Å². The Hall–Kier alpha value is -1.81. The summed E-state index contributed by atoms with van der Waals surface area (Å²) in [4.78, 5) is 13.5.